The van der Waals surface area contributed by atoms with Crippen molar-refractivity contribution in [3.63, 3.8) is 0 Å². The highest BCUT2D eigenvalue weighted by Gasteiger charge is 2.26. The fourth-order valence-corrected chi connectivity index (χ4v) is 7.02. The fourth-order valence-electron chi connectivity index (χ4n) is 5.13. The molecule has 0 radical (unpaired) electrons. The van der Waals surface area contributed by atoms with Crippen molar-refractivity contribution >= 4 is 44.4 Å². The zero-order valence-corrected chi connectivity index (χ0v) is 25.6. The van der Waals surface area contributed by atoms with Crippen LogP contribution >= 0.6 is 22.9 Å². The second-order valence-electron chi connectivity index (χ2n) is 10.4. The van der Waals surface area contributed by atoms with Gasteiger partial charge >= 0.3 is 0 Å². The molecule has 6 rings (SSSR count). The summed E-state index contributed by atoms with van der Waals surface area (Å²) < 4.78 is 26.0. The van der Waals surface area contributed by atoms with E-state index in [0.29, 0.717) is 29.5 Å². The molecule has 1 fully saturated rings. The highest BCUT2D eigenvalue weighted by molar-refractivity contribution is 7.90. The van der Waals surface area contributed by atoms with Gasteiger partial charge in [-0.1, -0.05) is 48.0 Å². The Morgan fingerprint density at radius 1 is 0.857 bits per heavy atom. The van der Waals surface area contributed by atoms with Crippen molar-refractivity contribution in [2.45, 2.75) is 11.8 Å². The van der Waals surface area contributed by atoms with E-state index in [4.69, 9.17) is 16.7 Å². The quantitative estimate of drug-likeness (QED) is 0.215. The number of thiophene rings is 1. The van der Waals surface area contributed by atoms with Gasteiger partial charge in [0.05, 0.1) is 26.2 Å². The van der Waals surface area contributed by atoms with Gasteiger partial charge in [0, 0.05) is 43.0 Å². The molecule has 0 spiro atoms. The van der Waals surface area contributed by atoms with Gasteiger partial charge < -0.3 is 9.80 Å². The molecule has 214 valence electrons. The molecule has 5 aromatic rings. The van der Waals surface area contributed by atoms with Crippen LogP contribution in [0, 0.1) is 6.92 Å². The molecule has 0 N–H and O–H groups in total. The molecule has 1 saturated heterocycles. The number of anilines is 1. The number of sulfone groups is 1. The Hall–Kier alpha value is -3.92. The number of halogens is 1. The smallest absolute Gasteiger partial charge is 0.274 e. The van der Waals surface area contributed by atoms with Gasteiger partial charge in [-0.15, -0.1) is 11.3 Å². The molecule has 0 unspecified atom stereocenters. The zero-order valence-electron chi connectivity index (χ0n) is 23.2. The molecule has 7 nitrogen and oxygen atoms in total. The minimum absolute atomic E-state index is 0.122. The number of piperazine rings is 1. The van der Waals surface area contributed by atoms with Gasteiger partial charge in [0.1, 0.15) is 0 Å². The van der Waals surface area contributed by atoms with Gasteiger partial charge in [-0.25, -0.2) is 13.1 Å². The van der Waals surface area contributed by atoms with Crippen molar-refractivity contribution in [1.82, 2.24) is 14.7 Å². The summed E-state index contributed by atoms with van der Waals surface area (Å²) in [5.74, 6) is -0.122. The molecule has 1 aliphatic rings. The molecule has 0 saturated carbocycles. The standard InChI is InChI=1S/C32H29ClN4O3S2/c1-22-7-5-9-24(19-22)35-15-17-36(18-16-35)32(38)27-21-29(37(34-27)28-12-4-3-11-26(28)33)31-14-13-30(41-31)23-8-6-10-25(20-23)42(2,39)40/h3-14,19-21H,15-18H2,1-2H3. The predicted octanol–water partition coefficient (Wildman–Crippen LogP) is 6.60. The maximum Gasteiger partial charge on any atom is 0.274 e. The average molecular weight is 617 g/mol. The number of nitrogens with zero attached hydrogens (tertiary/aromatic N) is 4. The topological polar surface area (TPSA) is 75.5 Å². The summed E-state index contributed by atoms with van der Waals surface area (Å²) in [6, 6.07) is 28.5. The lowest BCUT2D eigenvalue weighted by atomic mass is 10.2. The van der Waals surface area contributed by atoms with Gasteiger partial charge in [0.15, 0.2) is 15.5 Å². The first-order valence-corrected chi connectivity index (χ1v) is 16.6. The Bertz CT molecular complexity index is 1890. The maximum atomic E-state index is 13.7. The SMILES string of the molecule is Cc1cccc(N2CCN(C(=O)c3cc(-c4ccc(-c5cccc(S(C)(=O)=O)c5)s4)n(-c4ccccc4Cl)n3)CC2)c1. The monoisotopic (exact) mass is 616 g/mol. The van der Waals surface area contributed by atoms with Crippen LogP contribution in [0.4, 0.5) is 5.69 Å². The van der Waals surface area contributed by atoms with E-state index in [0.717, 1.165) is 34.1 Å². The van der Waals surface area contributed by atoms with E-state index in [1.807, 2.05) is 47.4 Å². The lowest BCUT2D eigenvalue weighted by Crippen LogP contribution is -2.48. The highest BCUT2D eigenvalue weighted by atomic mass is 35.5. The summed E-state index contributed by atoms with van der Waals surface area (Å²) in [5, 5.41) is 5.28. The number of para-hydroxylation sites is 1. The number of aryl methyl sites for hydroxylation is 1. The first-order chi connectivity index (χ1) is 20.2. The van der Waals surface area contributed by atoms with Gasteiger partial charge in [0.25, 0.3) is 5.91 Å². The van der Waals surface area contributed by atoms with E-state index in [1.54, 1.807) is 28.9 Å². The van der Waals surface area contributed by atoms with Gasteiger partial charge in [0.2, 0.25) is 0 Å². The summed E-state index contributed by atoms with van der Waals surface area (Å²) in [7, 11) is -3.33. The highest BCUT2D eigenvalue weighted by Crippen LogP contribution is 2.37. The van der Waals surface area contributed by atoms with Crippen molar-refractivity contribution in [2.24, 2.45) is 0 Å². The van der Waals surface area contributed by atoms with Crippen molar-refractivity contribution in [2.75, 3.05) is 37.3 Å². The van der Waals surface area contributed by atoms with E-state index in [9.17, 15) is 13.2 Å². The fraction of sp³-hybridized carbons (Fsp3) is 0.188. The molecule has 42 heavy (non-hydrogen) atoms. The number of hydrogen-bond donors (Lipinski definition) is 0. The summed E-state index contributed by atoms with van der Waals surface area (Å²) >= 11 is 8.09. The number of carbonyl (C=O) groups is 1. The van der Waals surface area contributed by atoms with Crippen LogP contribution in [-0.4, -0.2) is 61.4 Å². The molecule has 0 bridgehead atoms. The first-order valence-electron chi connectivity index (χ1n) is 13.5. The lowest BCUT2D eigenvalue weighted by Gasteiger charge is -2.36. The lowest BCUT2D eigenvalue weighted by molar-refractivity contribution is 0.0740. The number of aromatic nitrogens is 2. The Balaban J connectivity index is 1.31. The Morgan fingerprint density at radius 3 is 2.33 bits per heavy atom. The zero-order chi connectivity index (χ0) is 29.4. The van der Waals surface area contributed by atoms with Crippen LogP contribution < -0.4 is 4.90 Å². The second-order valence-corrected chi connectivity index (χ2v) is 13.9. The van der Waals surface area contributed by atoms with E-state index in [2.05, 4.69) is 36.1 Å². The molecular formula is C32H29ClN4O3S2. The molecule has 0 aliphatic carbocycles. The summed E-state index contributed by atoms with van der Waals surface area (Å²) in [6.07, 6.45) is 1.20. The summed E-state index contributed by atoms with van der Waals surface area (Å²) in [4.78, 5) is 19.9. The van der Waals surface area contributed by atoms with Crippen molar-refractivity contribution in [1.29, 1.82) is 0 Å². The van der Waals surface area contributed by atoms with Gasteiger partial charge in [-0.3, -0.25) is 4.79 Å². The molecule has 3 aromatic carbocycles. The van der Waals surface area contributed by atoms with E-state index in [1.165, 1.54) is 28.8 Å². The summed E-state index contributed by atoms with van der Waals surface area (Å²) in [5.41, 5.74) is 4.95. The molecule has 0 atom stereocenters. The number of rotatable bonds is 6. The molecular weight excluding hydrogens is 588 g/mol. The number of hydrogen-bond acceptors (Lipinski definition) is 6. The largest absolute Gasteiger partial charge is 0.368 e. The van der Waals surface area contributed by atoms with E-state index >= 15 is 0 Å². The van der Waals surface area contributed by atoms with E-state index < -0.39 is 9.84 Å². The van der Waals surface area contributed by atoms with Crippen molar-refractivity contribution < 1.29 is 13.2 Å². The van der Waals surface area contributed by atoms with Crippen LogP contribution in [0.25, 0.3) is 26.7 Å². The molecule has 3 heterocycles. The van der Waals surface area contributed by atoms with Crippen LogP contribution in [-0.2, 0) is 9.84 Å². The molecule has 10 heteroatoms. The van der Waals surface area contributed by atoms with Gasteiger partial charge in [-0.05, 0) is 72.6 Å². The third kappa shape index (κ3) is 5.72. The number of amides is 1. The average Bonchev–Trinajstić information content (AvgIpc) is 3.65. The van der Waals surface area contributed by atoms with Crippen LogP contribution in [0.3, 0.4) is 0 Å². The van der Waals surface area contributed by atoms with E-state index in [-0.39, 0.29) is 10.8 Å². The Morgan fingerprint density at radius 2 is 1.60 bits per heavy atom. The van der Waals surface area contributed by atoms with Gasteiger partial charge in [-0.2, -0.15) is 5.10 Å². The number of carbonyl (C=O) groups excluding carboxylic acids is 1. The Kier molecular flexibility index (Phi) is 7.66. The summed E-state index contributed by atoms with van der Waals surface area (Å²) in [6.45, 7) is 4.77. The maximum absolute atomic E-state index is 13.7. The predicted molar refractivity (Wildman–Crippen MR) is 170 cm³/mol. The van der Waals surface area contributed by atoms with Crippen molar-refractivity contribution in [3.8, 4) is 26.7 Å². The van der Waals surface area contributed by atoms with Crippen LogP contribution in [0.1, 0.15) is 16.1 Å². The third-order valence-corrected chi connectivity index (χ3v) is 9.93. The second kappa shape index (κ2) is 11.4. The molecule has 1 amide bonds. The molecule has 2 aromatic heterocycles. The third-order valence-electron chi connectivity index (χ3n) is 7.35. The van der Waals surface area contributed by atoms with Crippen molar-refractivity contribution in [3.05, 3.63) is 107 Å². The van der Waals surface area contributed by atoms with Crippen LogP contribution in [0.2, 0.25) is 5.02 Å². The minimum Gasteiger partial charge on any atom is -0.368 e. The minimum atomic E-state index is -3.33. The molecule has 1 aliphatic heterocycles. The number of benzene rings is 3. The van der Waals surface area contributed by atoms with Crippen LogP contribution in [0.15, 0.2) is 95.9 Å². The Labute approximate surface area is 254 Å². The first kappa shape index (κ1) is 28.2. The normalized spacial score (nSPS) is 13.9. The van der Waals surface area contributed by atoms with Crippen LogP contribution in [0.5, 0.6) is 0 Å².